The summed E-state index contributed by atoms with van der Waals surface area (Å²) in [4.78, 5) is 0. The lowest BCUT2D eigenvalue weighted by molar-refractivity contribution is 0.396. The van der Waals surface area contributed by atoms with Crippen LogP contribution >= 0.6 is 0 Å². The Labute approximate surface area is 74.2 Å². The first-order valence-corrected chi connectivity index (χ1v) is 4.57. The van der Waals surface area contributed by atoms with E-state index in [9.17, 15) is 0 Å². The van der Waals surface area contributed by atoms with Gasteiger partial charge in [-0.15, -0.1) is 6.58 Å². The lowest BCUT2D eigenvalue weighted by Crippen LogP contribution is -2.24. The topological polar surface area (TPSA) is 36.6 Å². The Hall–Kier alpha value is -0.380. The van der Waals surface area contributed by atoms with Gasteiger partial charge in [0.05, 0.1) is 12.7 Å². The van der Waals surface area contributed by atoms with Gasteiger partial charge in [-0.05, 0) is 19.5 Å². The highest BCUT2D eigenvalue weighted by atomic mass is 16.6. The second kappa shape index (κ2) is 6.17. The van der Waals surface area contributed by atoms with Gasteiger partial charge >= 0.3 is 0 Å². The normalized spacial score (nSPS) is 20.8. The molecule has 1 aliphatic rings. The summed E-state index contributed by atoms with van der Waals surface area (Å²) in [5.74, 6) is 0. The SMILES string of the molecule is C=CCNCCCNCC1CO1. The van der Waals surface area contributed by atoms with E-state index < -0.39 is 0 Å². The summed E-state index contributed by atoms with van der Waals surface area (Å²) >= 11 is 0. The molecule has 0 aromatic heterocycles. The molecule has 0 spiro atoms. The first kappa shape index (κ1) is 9.71. The van der Waals surface area contributed by atoms with Crippen LogP contribution in [0.25, 0.3) is 0 Å². The van der Waals surface area contributed by atoms with Gasteiger partial charge in [0.2, 0.25) is 0 Å². The van der Waals surface area contributed by atoms with E-state index >= 15 is 0 Å². The highest BCUT2D eigenvalue weighted by Gasteiger charge is 2.20. The van der Waals surface area contributed by atoms with Crippen molar-refractivity contribution in [2.75, 3.05) is 32.8 Å². The van der Waals surface area contributed by atoms with Crippen molar-refractivity contribution in [3.05, 3.63) is 12.7 Å². The van der Waals surface area contributed by atoms with Crippen molar-refractivity contribution >= 4 is 0 Å². The van der Waals surface area contributed by atoms with Crippen LogP contribution in [0.5, 0.6) is 0 Å². The van der Waals surface area contributed by atoms with Crippen molar-refractivity contribution in [3.8, 4) is 0 Å². The molecule has 0 saturated carbocycles. The fourth-order valence-corrected chi connectivity index (χ4v) is 0.991. The maximum atomic E-state index is 5.06. The van der Waals surface area contributed by atoms with Crippen LogP contribution in [-0.2, 0) is 4.74 Å². The molecule has 1 saturated heterocycles. The fraction of sp³-hybridized carbons (Fsp3) is 0.778. The quantitative estimate of drug-likeness (QED) is 0.309. The van der Waals surface area contributed by atoms with E-state index in [0.717, 1.165) is 32.8 Å². The van der Waals surface area contributed by atoms with Gasteiger partial charge in [0.25, 0.3) is 0 Å². The Morgan fingerprint density at radius 2 is 2.17 bits per heavy atom. The standard InChI is InChI=1S/C9H18N2O/c1-2-4-10-5-3-6-11-7-9-8-12-9/h2,9-11H,1,3-8H2. The third-order valence-electron chi connectivity index (χ3n) is 1.77. The fourth-order valence-electron chi connectivity index (χ4n) is 0.991. The molecule has 0 amide bonds. The molecule has 3 nitrogen and oxygen atoms in total. The van der Waals surface area contributed by atoms with E-state index in [1.165, 1.54) is 6.42 Å². The predicted molar refractivity (Wildman–Crippen MR) is 50.3 cm³/mol. The molecule has 3 heteroatoms. The van der Waals surface area contributed by atoms with Gasteiger partial charge in [-0.3, -0.25) is 0 Å². The zero-order valence-corrected chi connectivity index (χ0v) is 7.51. The predicted octanol–water partition coefficient (Wildman–Crippen LogP) is 0.140. The van der Waals surface area contributed by atoms with Gasteiger partial charge in [0.15, 0.2) is 0 Å². The summed E-state index contributed by atoms with van der Waals surface area (Å²) in [5, 5.41) is 6.58. The lowest BCUT2D eigenvalue weighted by atomic mass is 10.4. The molecule has 1 fully saturated rings. The van der Waals surface area contributed by atoms with Crippen molar-refractivity contribution in [2.24, 2.45) is 0 Å². The third kappa shape index (κ3) is 5.29. The molecule has 1 rings (SSSR count). The third-order valence-corrected chi connectivity index (χ3v) is 1.77. The van der Waals surface area contributed by atoms with Crippen LogP contribution in [0, 0.1) is 0 Å². The monoisotopic (exact) mass is 170 g/mol. The number of ether oxygens (including phenoxy) is 1. The summed E-state index contributed by atoms with van der Waals surface area (Å²) in [7, 11) is 0. The van der Waals surface area contributed by atoms with Gasteiger partial charge in [-0.1, -0.05) is 6.08 Å². The molecular formula is C9H18N2O. The smallest absolute Gasteiger partial charge is 0.0933 e. The van der Waals surface area contributed by atoms with Gasteiger partial charge in [0, 0.05) is 13.1 Å². The van der Waals surface area contributed by atoms with Crippen LogP contribution in [0.15, 0.2) is 12.7 Å². The first-order chi connectivity index (χ1) is 5.93. The Morgan fingerprint density at radius 1 is 1.42 bits per heavy atom. The Morgan fingerprint density at radius 3 is 2.83 bits per heavy atom. The molecule has 0 aromatic rings. The minimum absolute atomic E-state index is 0.506. The molecule has 0 bridgehead atoms. The molecule has 1 heterocycles. The van der Waals surface area contributed by atoms with Crippen LogP contribution in [0.2, 0.25) is 0 Å². The van der Waals surface area contributed by atoms with E-state index in [-0.39, 0.29) is 0 Å². The van der Waals surface area contributed by atoms with E-state index in [0.29, 0.717) is 6.10 Å². The van der Waals surface area contributed by atoms with E-state index in [2.05, 4.69) is 17.2 Å². The number of hydrogen-bond acceptors (Lipinski definition) is 3. The van der Waals surface area contributed by atoms with E-state index in [1.807, 2.05) is 6.08 Å². The number of epoxide rings is 1. The second-order valence-electron chi connectivity index (χ2n) is 3.01. The van der Waals surface area contributed by atoms with Crippen LogP contribution in [0.3, 0.4) is 0 Å². The minimum atomic E-state index is 0.506. The molecule has 0 aliphatic carbocycles. The molecule has 1 aliphatic heterocycles. The maximum Gasteiger partial charge on any atom is 0.0933 e. The Kier molecular flexibility index (Phi) is 4.99. The zero-order chi connectivity index (χ0) is 8.65. The summed E-state index contributed by atoms with van der Waals surface area (Å²) in [6.45, 7) is 8.63. The summed E-state index contributed by atoms with van der Waals surface area (Å²) < 4.78 is 5.06. The van der Waals surface area contributed by atoms with E-state index in [1.54, 1.807) is 0 Å². The van der Waals surface area contributed by atoms with Gasteiger partial charge in [-0.25, -0.2) is 0 Å². The van der Waals surface area contributed by atoms with Crippen LogP contribution in [0.4, 0.5) is 0 Å². The highest BCUT2D eigenvalue weighted by molar-refractivity contribution is 4.72. The van der Waals surface area contributed by atoms with Crippen molar-refractivity contribution in [2.45, 2.75) is 12.5 Å². The zero-order valence-electron chi connectivity index (χ0n) is 7.51. The lowest BCUT2D eigenvalue weighted by Gasteiger charge is -2.02. The molecular weight excluding hydrogens is 152 g/mol. The van der Waals surface area contributed by atoms with Crippen LogP contribution < -0.4 is 10.6 Å². The summed E-state index contributed by atoms with van der Waals surface area (Å²) in [6, 6.07) is 0. The molecule has 70 valence electrons. The van der Waals surface area contributed by atoms with Crippen molar-refractivity contribution < 1.29 is 4.74 Å². The molecule has 0 radical (unpaired) electrons. The second-order valence-corrected chi connectivity index (χ2v) is 3.01. The highest BCUT2D eigenvalue weighted by Crippen LogP contribution is 2.05. The van der Waals surface area contributed by atoms with Crippen LogP contribution in [0.1, 0.15) is 6.42 Å². The number of hydrogen-bond donors (Lipinski definition) is 2. The largest absolute Gasteiger partial charge is 0.372 e. The number of nitrogens with one attached hydrogen (secondary N) is 2. The van der Waals surface area contributed by atoms with Crippen molar-refractivity contribution in [1.82, 2.24) is 10.6 Å². The molecule has 0 aromatic carbocycles. The molecule has 1 atom stereocenters. The van der Waals surface area contributed by atoms with Gasteiger partial charge in [0.1, 0.15) is 0 Å². The molecule has 1 unspecified atom stereocenters. The summed E-state index contributed by atoms with van der Waals surface area (Å²) in [5.41, 5.74) is 0. The van der Waals surface area contributed by atoms with E-state index in [4.69, 9.17) is 4.74 Å². The average molecular weight is 170 g/mol. The molecule has 2 N–H and O–H groups in total. The van der Waals surface area contributed by atoms with Crippen molar-refractivity contribution in [1.29, 1.82) is 0 Å². The molecule has 12 heavy (non-hydrogen) atoms. The van der Waals surface area contributed by atoms with Gasteiger partial charge in [-0.2, -0.15) is 0 Å². The Balaban J connectivity index is 1.67. The Bertz CT molecular complexity index is 124. The minimum Gasteiger partial charge on any atom is -0.372 e. The van der Waals surface area contributed by atoms with Gasteiger partial charge < -0.3 is 15.4 Å². The summed E-state index contributed by atoms with van der Waals surface area (Å²) in [6.07, 6.45) is 3.55. The van der Waals surface area contributed by atoms with Crippen LogP contribution in [-0.4, -0.2) is 38.9 Å². The number of rotatable bonds is 8. The maximum absolute atomic E-state index is 5.06. The first-order valence-electron chi connectivity index (χ1n) is 4.57. The van der Waals surface area contributed by atoms with Crippen molar-refractivity contribution in [3.63, 3.8) is 0 Å². The average Bonchev–Trinajstić information content (AvgIpc) is 2.87.